The van der Waals surface area contributed by atoms with Crippen molar-refractivity contribution in [2.24, 2.45) is 5.73 Å². The minimum atomic E-state index is -4.37. The molecule has 22 heavy (non-hydrogen) atoms. The molecule has 1 aromatic rings. The highest BCUT2D eigenvalue weighted by molar-refractivity contribution is 5.85. The predicted molar refractivity (Wildman–Crippen MR) is 79.8 cm³/mol. The minimum absolute atomic E-state index is 0. The Hall–Kier alpha value is -1.31. The maximum Gasteiger partial charge on any atom is 0.411 e. The number of benzene rings is 1. The van der Waals surface area contributed by atoms with E-state index in [1.165, 1.54) is 0 Å². The molecule has 0 saturated carbocycles. The van der Waals surface area contributed by atoms with E-state index in [-0.39, 0.29) is 19.0 Å². The summed E-state index contributed by atoms with van der Waals surface area (Å²) in [5, 5.41) is 2.53. The van der Waals surface area contributed by atoms with Gasteiger partial charge < -0.3 is 15.8 Å². The van der Waals surface area contributed by atoms with Gasteiger partial charge in [-0.15, -0.1) is 12.4 Å². The molecule has 126 valence electrons. The standard InChI is InChI=1S/C14H19F3N2O2.ClH/c1-10(8-21-9-14(15,16)17)19-13(20)12(18)7-11-5-3-2-4-6-11;/h2-6,10,12H,7-9,18H2,1H3,(H,19,20);1H/t10?,12-;/m0./s1. The maximum atomic E-state index is 11.9. The molecule has 0 radical (unpaired) electrons. The number of hydrogen-bond donors (Lipinski definition) is 2. The van der Waals surface area contributed by atoms with Gasteiger partial charge in [-0.25, -0.2) is 0 Å². The molecule has 0 bridgehead atoms. The van der Waals surface area contributed by atoms with Gasteiger partial charge in [0.25, 0.3) is 0 Å². The van der Waals surface area contributed by atoms with Crippen LogP contribution in [0.5, 0.6) is 0 Å². The highest BCUT2D eigenvalue weighted by Crippen LogP contribution is 2.14. The van der Waals surface area contributed by atoms with Crippen LogP contribution in [-0.4, -0.2) is 37.4 Å². The number of amides is 1. The van der Waals surface area contributed by atoms with Crippen LogP contribution in [0.1, 0.15) is 12.5 Å². The molecule has 1 rings (SSSR count). The summed E-state index contributed by atoms with van der Waals surface area (Å²) in [7, 11) is 0. The first-order valence-electron chi connectivity index (χ1n) is 6.52. The first kappa shape index (κ1) is 20.7. The molecule has 8 heteroatoms. The van der Waals surface area contributed by atoms with Crippen molar-refractivity contribution in [2.75, 3.05) is 13.2 Å². The zero-order valence-electron chi connectivity index (χ0n) is 12.1. The van der Waals surface area contributed by atoms with E-state index >= 15 is 0 Å². The third-order valence-electron chi connectivity index (χ3n) is 2.66. The normalized spacial score (nSPS) is 13.9. The summed E-state index contributed by atoms with van der Waals surface area (Å²) < 4.78 is 40.2. The summed E-state index contributed by atoms with van der Waals surface area (Å²) in [4.78, 5) is 11.8. The van der Waals surface area contributed by atoms with Gasteiger partial charge >= 0.3 is 6.18 Å². The number of ether oxygens (including phenoxy) is 1. The lowest BCUT2D eigenvalue weighted by Crippen LogP contribution is -2.47. The SMILES string of the molecule is CC(COCC(F)(F)F)NC(=O)[C@@H](N)Cc1ccccc1.Cl. The quantitative estimate of drug-likeness (QED) is 0.798. The number of hydrogen-bond acceptors (Lipinski definition) is 3. The van der Waals surface area contributed by atoms with E-state index in [9.17, 15) is 18.0 Å². The van der Waals surface area contributed by atoms with E-state index < -0.39 is 30.8 Å². The van der Waals surface area contributed by atoms with E-state index in [0.29, 0.717) is 6.42 Å². The molecule has 1 amide bonds. The average molecular weight is 341 g/mol. The molecule has 1 aromatic carbocycles. The second-order valence-electron chi connectivity index (χ2n) is 4.84. The number of carbonyl (C=O) groups is 1. The largest absolute Gasteiger partial charge is 0.411 e. The monoisotopic (exact) mass is 340 g/mol. The van der Waals surface area contributed by atoms with Gasteiger partial charge in [-0.2, -0.15) is 13.2 Å². The molecule has 0 aromatic heterocycles. The van der Waals surface area contributed by atoms with Crippen LogP contribution >= 0.6 is 12.4 Å². The van der Waals surface area contributed by atoms with Crippen molar-refractivity contribution >= 4 is 18.3 Å². The topological polar surface area (TPSA) is 64.3 Å². The van der Waals surface area contributed by atoms with Crippen LogP contribution in [-0.2, 0) is 16.0 Å². The molecule has 0 heterocycles. The van der Waals surface area contributed by atoms with Gasteiger partial charge in [-0.05, 0) is 18.9 Å². The van der Waals surface area contributed by atoms with E-state index in [2.05, 4.69) is 10.1 Å². The fourth-order valence-electron chi connectivity index (χ4n) is 1.70. The molecule has 0 aliphatic rings. The Morgan fingerprint density at radius 1 is 1.32 bits per heavy atom. The minimum Gasteiger partial charge on any atom is -0.370 e. The molecule has 2 atom stereocenters. The first-order chi connectivity index (χ1) is 9.78. The highest BCUT2D eigenvalue weighted by atomic mass is 35.5. The van der Waals surface area contributed by atoms with Gasteiger partial charge in [0.05, 0.1) is 12.6 Å². The fraction of sp³-hybridized carbons (Fsp3) is 0.500. The van der Waals surface area contributed by atoms with E-state index in [4.69, 9.17) is 5.73 Å². The number of carbonyl (C=O) groups excluding carboxylic acids is 1. The summed E-state index contributed by atoms with van der Waals surface area (Å²) >= 11 is 0. The molecule has 0 spiro atoms. The van der Waals surface area contributed by atoms with Gasteiger partial charge in [0.15, 0.2) is 0 Å². The van der Waals surface area contributed by atoms with Crippen molar-refractivity contribution in [3.8, 4) is 0 Å². The van der Waals surface area contributed by atoms with Crippen molar-refractivity contribution in [2.45, 2.75) is 31.6 Å². The van der Waals surface area contributed by atoms with Crippen molar-refractivity contribution < 1.29 is 22.7 Å². The van der Waals surface area contributed by atoms with Gasteiger partial charge in [0.2, 0.25) is 5.91 Å². The highest BCUT2D eigenvalue weighted by Gasteiger charge is 2.27. The van der Waals surface area contributed by atoms with E-state index in [0.717, 1.165) is 5.56 Å². The Morgan fingerprint density at radius 3 is 2.45 bits per heavy atom. The van der Waals surface area contributed by atoms with Crippen molar-refractivity contribution in [1.29, 1.82) is 0 Å². The van der Waals surface area contributed by atoms with Gasteiger partial charge in [0.1, 0.15) is 6.61 Å². The Morgan fingerprint density at radius 2 is 1.91 bits per heavy atom. The lowest BCUT2D eigenvalue weighted by Gasteiger charge is -2.18. The van der Waals surface area contributed by atoms with Crippen LogP contribution in [0.15, 0.2) is 30.3 Å². The summed E-state index contributed by atoms with van der Waals surface area (Å²) in [6, 6.07) is 7.95. The van der Waals surface area contributed by atoms with Gasteiger partial charge in [-0.3, -0.25) is 4.79 Å². The van der Waals surface area contributed by atoms with Crippen LogP contribution in [0.25, 0.3) is 0 Å². The van der Waals surface area contributed by atoms with Crippen molar-refractivity contribution in [3.63, 3.8) is 0 Å². The number of nitrogens with one attached hydrogen (secondary N) is 1. The summed E-state index contributed by atoms with van der Waals surface area (Å²) in [6.07, 6.45) is -4.00. The van der Waals surface area contributed by atoms with Crippen molar-refractivity contribution in [1.82, 2.24) is 5.32 Å². The molecule has 0 fully saturated rings. The smallest absolute Gasteiger partial charge is 0.370 e. The molecule has 0 aliphatic heterocycles. The Kier molecular flexibility index (Phi) is 9.08. The lowest BCUT2D eigenvalue weighted by molar-refractivity contribution is -0.175. The third kappa shape index (κ3) is 8.86. The van der Waals surface area contributed by atoms with E-state index in [1.54, 1.807) is 6.92 Å². The van der Waals surface area contributed by atoms with Crippen LogP contribution in [0, 0.1) is 0 Å². The number of alkyl halides is 3. The predicted octanol–water partition coefficient (Wildman–Crippen LogP) is 2.06. The van der Waals surface area contributed by atoms with Gasteiger partial charge in [0, 0.05) is 6.04 Å². The molecule has 0 saturated heterocycles. The lowest BCUT2D eigenvalue weighted by atomic mass is 10.1. The Bertz CT molecular complexity index is 443. The second kappa shape index (κ2) is 9.66. The van der Waals surface area contributed by atoms with Crippen LogP contribution in [0.2, 0.25) is 0 Å². The Balaban J connectivity index is 0.00000441. The molecule has 0 aliphatic carbocycles. The second-order valence-corrected chi connectivity index (χ2v) is 4.84. The molecule has 4 nitrogen and oxygen atoms in total. The fourth-order valence-corrected chi connectivity index (χ4v) is 1.70. The van der Waals surface area contributed by atoms with Crippen LogP contribution in [0.4, 0.5) is 13.2 Å². The Labute approximate surface area is 133 Å². The number of rotatable bonds is 7. The van der Waals surface area contributed by atoms with Crippen molar-refractivity contribution in [3.05, 3.63) is 35.9 Å². The molecular formula is C14H20ClF3N2O2. The van der Waals surface area contributed by atoms with Crippen LogP contribution < -0.4 is 11.1 Å². The van der Waals surface area contributed by atoms with Gasteiger partial charge in [-0.1, -0.05) is 30.3 Å². The molecule has 3 N–H and O–H groups in total. The zero-order chi connectivity index (χ0) is 15.9. The summed E-state index contributed by atoms with van der Waals surface area (Å²) in [6.45, 7) is 0.0100. The number of nitrogens with two attached hydrogens (primary N) is 1. The average Bonchev–Trinajstić information content (AvgIpc) is 2.38. The maximum absolute atomic E-state index is 11.9. The zero-order valence-corrected chi connectivity index (χ0v) is 12.9. The summed E-state index contributed by atoms with van der Waals surface area (Å²) in [5.74, 6) is -0.415. The third-order valence-corrected chi connectivity index (χ3v) is 2.66. The molecular weight excluding hydrogens is 321 g/mol. The number of halogens is 4. The first-order valence-corrected chi connectivity index (χ1v) is 6.52. The van der Waals surface area contributed by atoms with E-state index in [1.807, 2.05) is 30.3 Å². The summed E-state index contributed by atoms with van der Waals surface area (Å²) in [5.41, 5.74) is 6.68. The molecule has 1 unspecified atom stereocenters. The van der Waals surface area contributed by atoms with Crippen LogP contribution in [0.3, 0.4) is 0 Å².